The van der Waals surface area contributed by atoms with Crippen molar-refractivity contribution in [1.29, 1.82) is 5.26 Å². The van der Waals surface area contributed by atoms with Crippen molar-refractivity contribution in [2.45, 2.75) is 45.6 Å². The Morgan fingerprint density at radius 3 is 2.58 bits per heavy atom. The maximum atomic E-state index is 13.1. The highest BCUT2D eigenvalue weighted by atomic mass is 19.1. The minimum atomic E-state index is -0.828. The van der Waals surface area contributed by atoms with Gasteiger partial charge in [0.2, 0.25) is 0 Å². The van der Waals surface area contributed by atoms with Crippen LogP contribution in [0.2, 0.25) is 0 Å². The second kappa shape index (κ2) is 5.30. The number of halogens is 1. The van der Waals surface area contributed by atoms with E-state index in [2.05, 4.69) is 13.0 Å². The molecule has 0 amide bonds. The molecule has 0 aromatic heterocycles. The molecular weight excluding hydrogens is 241 g/mol. The van der Waals surface area contributed by atoms with Gasteiger partial charge >= 0.3 is 0 Å². The van der Waals surface area contributed by atoms with Gasteiger partial charge in [-0.05, 0) is 61.8 Å². The zero-order valence-electron chi connectivity index (χ0n) is 11.5. The van der Waals surface area contributed by atoms with E-state index in [1.165, 1.54) is 12.1 Å². The summed E-state index contributed by atoms with van der Waals surface area (Å²) in [4.78, 5) is 0. The van der Waals surface area contributed by atoms with E-state index in [1.807, 2.05) is 0 Å². The lowest BCUT2D eigenvalue weighted by atomic mass is 9.66. The summed E-state index contributed by atoms with van der Waals surface area (Å²) in [6.45, 7) is 3.95. The molecule has 102 valence electrons. The summed E-state index contributed by atoms with van der Waals surface area (Å²) in [6, 6.07) is 6.70. The third-order valence-electron chi connectivity index (χ3n) is 4.44. The number of aryl methyl sites for hydroxylation is 1. The Morgan fingerprint density at radius 2 is 2.05 bits per heavy atom. The minimum absolute atomic E-state index is 0.309. The van der Waals surface area contributed by atoms with E-state index in [0.717, 1.165) is 12.8 Å². The van der Waals surface area contributed by atoms with E-state index in [9.17, 15) is 14.8 Å². The molecule has 1 aliphatic carbocycles. The molecule has 0 saturated heterocycles. The zero-order valence-corrected chi connectivity index (χ0v) is 11.5. The molecule has 0 heterocycles. The first-order valence-electron chi connectivity index (χ1n) is 6.84. The molecule has 0 bridgehead atoms. The largest absolute Gasteiger partial charge is 0.387 e. The zero-order chi connectivity index (χ0) is 14.0. The summed E-state index contributed by atoms with van der Waals surface area (Å²) in [6.07, 6.45) is 2.52. The first-order valence-corrected chi connectivity index (χ1v) is 6.84. The Kier molecular flexibility index (Phi) is 3.91. The molecule has 1 N–H and O–H groups in total. The highest BCUT2D eigenvalue weighted by Crippen LogP contribution is 2.47. The molecule has 1 aromatic rings. The number of nitrogens with zero attached hydrogens (tertiary/aromatic N) is 1. The predicted molar refractivity (Wildman–Crippen MR) is 71.8 cm³/mol. The van der Waals surface area contributed by atoms with Crippen LogP contribution in [0.15, 0.2) is 18.2 Å². The number of rotatable bonds is 2. The second-order valence-corrected chi connectivity index (χ2v) is 5.85. The van der Waals surface area contributed by atoms with Gasteiger partial charge in [0.1, 0.15) is 5.82 Å². The van der Waals surface area contributed by atoms with Crippen molar-refractivity contribution >= 4 is 0 Å². The number of aliphatic hydroxyl groups is 1. The predicted octanol–water partition coefficient (Wildman–Crippen LogP) is 3.89. The summed E-state index contributed by atoms with van der Waals surface area (Å²) in [5.74, 6) is 0.305. The summed E-state index contributed by atoms with van der Waals surface area (Å²) in [7, 11) is 0. The number of nitriles is 1. The molecule has 0 radical (unpaired) electrons. The molecule has 2 rings (SSSR count). The van der Waals surface area contributed by atoms with Gasteiger partial charge in [0.15, 0.2) is 0 Å². The fourth-order valence-corrected chi connectivity index (χ4v) is 2.97. The van der Waals surface area contributed by atoms with Crippen LogP contribution in [0.4, 0.5) is 4.39 Å². The maximum absolute atomic E-state index is 13.1. The molecular formula is C16H20FNO. The molecule has 2 nitrogen and oxygen atoms in total. The van der Waals surface area contributed by atoms with E-state index in [1.54, 1.807) is 13.0 Å². The maximum Gasteiger partial charge on any atom is 0.123 e. The van der Waals surface area contributed by atoms with Crippen LogP contribution in [-0.4, -0.2) is 5.11 Å². The molecule has 1 aliphatic rings. The SMILES string of the molecule is Cc1cc(F)ccc1C(O)C1(C#N)CCC(C)CC1. The van der Waals surface area contributed by atoms with E-state index in [0.29, 0.717) is 29.9 Å². The van der Waals surface area contributed by atoms with E-state index < -0.39 is 11.5 Å². The summed E-state index contributed by atoms with van der Waals surface area (Å²) < 4.78 is 13.1. The quantitative estimate of drug-likeness (QED) is 0.877. The Hall–Kier alpha value is -1.40. The van der Waals surface area contributed by atoms with E-state index in [-0.39, 0.29) is 5.82 Å². The van der Waals surface area contributed by atoms with Gasteiger partial charge in [-0.2, -0.15) is 5.26 Å². The lowest BCUT2D eigenvalue weighted by Crippen LogP contribution is -2.32. The summed E-state index contributed by atoms with van der Waals surface area (Å²) in [5.41, 5.74) is 0.674. The average molecular weight is 261 g/mol. The number of hydrogen-bond donors (Lipinski definition) is 1. The number of hydrogen-bond acceptors (Lipinski definition) is 2. The molecule has 3 heteroatoms. The van der Waals surface area contributed by atoms with Crippen molar-refractivity contribution in [3.05, 3.63) is 35.1 Å². The average Bonchev–Trinajstić information content (AvgIpc) is 2.39. The third-order valence-corrected chi connectivity index (χ3v) is 4.44. The van der Waals surface area contributed by atoms with Crippen LogP contribution in [0.3, 0.4) is 0 Å². The minimum Gasteiger partial charge on any atom is -0.387 e. The molecule has 1 aromatic carbocycles. The van der Waals surface area contributed by atoms with Crippen molar-refractivity contribution in [2.75, 3.05) is 0 Å². The second-order valence-electron chi connectivity index (χ2n) is 5.85. The number of aliphatic hydroxyl groups excluding tert-OH is 1. The van der Waals surface area contributed by atoms with Crippen molar-refractivity contribution in [1.82, 2.24) is 0 Å². The van der Waals surface area contributed by atoms with Crippen molar-refractivity contribution in [2.24, 2.45) is 11.3 Å². The van der Waals surface area contributed by atoms with Gasteiger partial charge in [0.25, 0.3) is 0 Å². The highest BCUT2D eigenvalue weighted by molar-refractivity contribution is 5.31. The molecule has 1 atom stereocenters. The van der Waals surface area contributed by atoms with Crippen molar-refractivity contribution in [3.63, 3.8) is 0 Å². The first-order chi connectivity index (χ1) is 8.98. The Bertz CT molecular complexity index is 498. The topological polar surface area (TPSA) is 44.0 Å². The monoisotopic (exact) mass is 261 g/mol. The third kappa shape index (κ3) is 2.64. The lowest BCUT2D eigenvalue weighted by Gasteiger charge is -2.38. The molecule has 1 saturated carbocycles. The van der Waals surface area contributed by atoms with Crippen LogP contribution in [0.25, 0.3) is 0 Å². The molecule has 0 spiro atoms. The fraction of sp³-hybridized carbons (Fsp3) is 0.562. The van der Waals surface area contributed by atoms with Crippen LogP contribution >= 0.6 is 0 Å². The molecule has 1 fully saturated rings. The van der Waals surface area contributed by atoms with Gasteiger partial charge in [0.05, 0.1) is 17.6 Å². The van der Waals surface area contributed by atoms with Crippen molar-refractivity contribution in [3.8, 4) is 6.07 Å². The van der Waals surface area contributed by atoms with Gasteiger partial charge in [-0.15, -0.1) is 0 Å². The standard InChI is InChI=1S/C16H20FNO/c1-11-5-7-16(10-18,8-6-11)15(19)14-4-3-13(17)9-12(14)2/h3-4,9,11,15,19H,5-8H2,1-2H3. The first kappa shape index (κ1) is 14.0. The lowest BCUT2D eigenvalue weighted by molar-refractivity contribution is 0.0262. The van der Waals surface area contributed by atoms with Crippen LogP contribution in [0.5, 0.6) is 0 Å². The Morgan fingerprint density at radius 1 is 1.42 bits per heavy atom. The van der Waals surface area contributed by atoms with Gasteiger partial charge in [-0.1, -0.05) is 13.0 Å². The van der Waals surface area contributed by atoms with Gasteiger partial charge in [0, 0.05) is 0 Å². The van der Waals surface area contributed by atoms with E-state index >= 15 is 0 Å². The summed E-state index contributed by atoms with van der Waals surface area (Å²) >= 11 is 0. The smallest absolute Gasteiger partial charge is 0.123 e. The van der Waals surface area contributed by atoms with Crippen LogP contribution in [0, 0.1) is 35.4 Å². The van der Waals surface area contributed by atoms with Gasteiger partial charge in [-0.25, -0.2) is 4.39 Å². The fourth-order valence-electron chi connectivity index (χ4n) is 2.97. The number of benzene rings is 1. The van der Waals surface area contributed by atoms with Gasteiger partial charge in [-0.3, -0.25) is 0 Å². The Balaban J connectivity index is 2.31. The summed E-state index contributed by atoms with van der Waals surface area (Å²) in [5, 5.41) is 20.1. The van der Waals surface area contributed by atoms with E-state index in [4.69, 9.17) is 0 Å². The molecule has 0 aliphatic heterocycles. The normalized spacial score (nSPS) is 28.7. The van der Waals surface area contributed by atoms with Crippen molar-refractivity contribution < 1.29 is 9.50 Å². The van der Waals surface area contributed by atoms with Gasteiger partial charge < -0.3 is 5.11 Å². The molecule has 1 unspecified atom stereocenters. The Labute approximate surface area is 113 Å². The molecule has 19 heavy (non-hydrogen) atoms. The van der Waals surface area contributed by atoms with Crippen LogP contribution < -0.4 is 0 Å². The van der Waals surface area contributed by atoms with Crippen LogP contribution in [0.1, 0.15) is 49.8 Å². The van der Waals surface area contributed by atoms with Crippen LogP contribution in [-0.2, 0) is 0 Å². The highest BCUT2D eigenvalue weighted by Gasteiger charge is 2.42.